The van der Waals surface area contributed by atoms with Gasteiger partial charge in [0.15, 0.2) is 17.7 Å². The molecule has 1 aliphatic rings. The average molecular weight is 269 g/mol. The Labute approximate surface area is 108 Å². The van der Waals surface area contributed by atoms with Crippen molar-refractivity contribution < 1.29 is 23.5 Å². The highest BCUT2D eigenvalue weighted by Crippen LogP contribution is 2.26. The fraction of sp³-hybridized carbons (Fsp3) is 0.385. The van der Waals surface area contributed by atoms with Crippen molar-refractivity contribution in [3.05, 3.63) is 35.4 Å². The molecule has 19 heavy (non-hydrogen) atoms. The van der Waals surface area contributed by atoms with Crippen LogP contribution in [0.15, 0.2) is 18.2 Å². The SMILES string of the molecule is O=C(O)C(c1ccc(F)c(F)c1)N1CCCCC1=O. The summed E-state index contributed by atoms with van der Waals surface area (Å²) < 4.78 is 26.1. The Hall–Kier alpha value is -1.98. The first-order valence-corrected chi connectivity index (χ1v) is 5.98. The molecular weight excluding hydrogens is 256 g/mol. The van der Waals surface area contributed by atoms with Crippen LogP contribution in [0.25, 0.3) is 0 Å². The molecule has 1 aromatic carbocycles. The van der Waals surface area contributed by atoms with Gasteiger partial charge in [-0.25, -0.2) is 13.6 Å². The van der Waals surface area contributed by atoms with E-state index in [9.17, 15) is 23.5 Å². The molecule has 1 N–H and O–H groups in total. The molecule has 6 heteroatoms. The Balaban J connectivity index is 2.36. The van der Waals surface area contributed by atoms with Gasteiger partial charge in [-0.15, -0.1) is 0 Å². The first-order chi connectivity index (χ1) is 9.00. The van der Waals surface area contributed by atoms with Crippen LogP contribution in [-0.4, -0.2) is 28.4 Å². The number of likely N-dealkylation sites (tertiary alicyclic amines) is 1. The van der Waals surface area contributed by atoms with Gasteiger partial charge in [0.1, 0.15) is 0 Å². The maximum Gasteiger partial charge on any atom is 0.331 e. The summed E-state index contributed by atoms with van der Waals surface area (Å²) in [5.41, 5.74) is 0.0710. The smallest absolute Gasteiger partial charge is 0.331 e. The lowest BCUT2D eigenvalue weighted by atomic mass is 10.0. The lowest BCUT2D eigenvalue weighted by Crippen LogP contribution is -2.41. The molecule has 0 spiro atoms. The molecule has 0 aromatic heterocycles. The summed E-state index contributed by atoms with van der Waals surface area (Å²) >= 11 is 0. The maximum atomic E-state index is 13.2. The summed E-state index contributed by atoms with van der Waals surface area (Å²) in [6.07, 6.45) is 1.71. The van der Waals surface area contributed by atoms with Gasteiger partial charge in [0.05, 0.1) is 0 Å². The Bertz CT molecular complexity index is 519. The molecule has 0 saturated carbocycles. The van der Waals surface area contributed by atoms with Gasteiger partial charge in [-0.1, -0.05) is 6.07 Å². The highest BCUT2D eigenvalue weighted by molar-refractivity contribution is 5.85. The summed E-state index contributed by atoms with van der Waals surface area (Å²) in [5.74, 6) is -3.68. The Morgan fingerprint density at radius 2 is 2.00 bits per heavy atom. The first kappa shape index (κ1) is 13.5. The largest absolute Gasteiger partial charge is 0.479 e. The fourth-order valence-corrected chi connectivity index (χ4v) is 2.24. The number of nitrogens with zero attached hydrogens (tertiary/aromatic N) is 1. The van der Waals surface area contributed by atoms with Crippen LogP contribution >= 0.6 is 0 Å². The second kappa shape index (κ2) is 5.34. The molecule has 0 radical (unpaired) electrons. The Morgan fingerprint density at radius 1 is 1.26 bits per heavy atom. The van der Waals surface area contributed by atoms with Crippen LogP contribution in [-0.2, 0) is 9.59 Å². The Kier molecular flexibility index (Phi) is 3.78. The molecule has 4 nitrogen and oxygen atoms in total. The number of hydrogen-bond acceptors (Lipinski definition) is 2. The summed E-state index contributed by atoms with van der Waals surface area (Å²) in [7, 11) is 0. The molecule has 2 rings (SSSR count). The van der Waals surface area contributed by atoms with Crippen molar-refractivity contribution in [1.29, 1.82) is 0 Å². The standard InChI is InChI=1S/C13H13F2NO3/c14-9-5-4-8(7-10(9)15)12(13(18)19)16-6-2-1-3-11(16)17/h4-5,7,12H,1-3,6H2,(H,18,19). The van der Waals surface area contributed by atoms with Crippen molar-refractivity contribution in [2.24, 2.45) is 0 Å². The zero-order chi connectivity index (χ0) is 14.0. The van der Waals surface area contributed by atoms with E-state index in [0.717, 1.165) is 18.6 Å². The van der Waals surface area contributed by atoms with Crippen LogP contribution in [0, 0.1) is 11.6 Å². The van der Waals surface area contributed by atoms with E-state index in [1.807, 2.05) is 0 Å². The van der Waals surface area contributed by atoms with Crippen molar-refractivity contribution in [2.45, 2.75) is 25.3 Å². The number of amides is 1. The minimum absolute atomic E-state index is 0.0710. The molecule has 1 heterocycles. The summed E-state index contributed by atoms with van der Waals surface area (Å²) in [4.78, 5) is 24.3. The number of benzene rings is 1. The third kappa shape index (κ3) is 2.72. The van der Waals surface area contributed by atoms with Crippen LogP contribution in [0.3, 0.4) is 0 Å². The average Bonchev–Trinajstić information content (AvgIpc) is 2.36. The molecule has 1 unspecified atom stereocenters. The minimum atomic E-state index is -1.26. The minimum Gasteiger partial charge on any atom is -0.479 e. The van der Waals surface area contributed by atoms with Gasteiger partial charge < -0.3 is 10.0 Å². The Morgan fingerprint density at radius 3 is 2.58 bits per heavy atom. The van der Waals surface area contributed by atoms with E-state index in [0.29, 0.717) is 13.0 Å². The highest BCUT2D eigenvalue weighted by atomic mass is 19.2. The predicted molar refractivity (Wildman–Crippen MR) is 62.3 cm³/mol. The normalized spacial score (nSPS) is 17.4. The predicted octanol–water partition coefficient (Wildman–Crippen LogP) is 2.10. The van der Waals surface area contributed by atoms with E-state index >= 15 is 0 Å². The van der Waals surface area contributed by atoms with Crippen LogP contribution in [0.1, 0.15) is 30.9 Å². The van der Waals surface area contributed by atoms with E-state index in [1.54, 1.807) is 0 Å². The highest BCUT2D eigenvalue weighted by Gasteiger charge is 2.32. The molecule has 0 aliphatic carbocycles. The number of carboxylic acids is 1. The molecule has 0 bridgehead atoms. The van der Waals surface area contributed by atoms with Crippen molar-refractivity contribution in [3.63, 3.8) is 0 Å². The van der Waals surface area contributed by atoms with Crippen LogP contribution in [0.2, 0.25) is 0 Å². The van der Waals surface area contributed by atoms with Gasteiger partial charge in [0.2, 0.25) is 5.91 Å². The van der Waals surface area contributed by atoms with Gasteiger partial charge in [0.25, 0.3) is 0 Å². The van der Waals surface area contributed by atoms with Crippen molar-refractivity contribution in [3.8, 4) is 0 Å². The number of aliphatic carboxylic acids is 1. The zero-order valence-electron chi connectivity index (χ0n) is 10.1. The van der Waals surface area contributed by atoms with E-state index in [4.69, 9.17) is 0 Å². The summed E-state index contributed by atoms with van der Waals surface area (Å²) in [6, 6.07) is 1.63. The van der Waals surface area contributed by atoms with Crippen LogP contribution in [0.4, 0.5) is 8.78 Å². The second-order valence-electron chi connectivity index (χ2n) is 4.46. The number of carbonyl (C=O) groups is 2. The van der Waals surface area contributed by atoms with Gasteiger partial charge in [-0.05, 0) is 30.5 Å². The molecule has 1 aromatic rings. The molecule has 1 saturated heterocycles. The summed E-state index contributed by atoms with van der Waals surface area (Å²) in [6.45, 7) is 0.314. The molecular formula is C13H13F2NO3. The van der Waals surface area contributed by atoms with E-state index in [2.05, 4.69) is 0 Å². The molecule has 1 aliphatic heterocycles. The van der Waals surface area contributed by atoms with Gasteiger partial charge in [0, 0.05) is 13.0 Å². The van der Waals surface area contributed by atoms with E-state index in [1.165, 1.54) is 11.0 Å². The van der Waals surface area contributed by atoms with Gasteiger partial charge in [-0.3, -0.25) is 4.79 Å². The van der Waals surface area contributed by atoms with E-state index in [-0.39, 0.29) is 17.9 Å². The number of rotatable bonds is 3. The number of halogens is 2. The second-order valence-corrected chi connectivity index (χ2v) is 4.46. The zero-order valence-corrected chi connectivity index (χ0v) is 10.1. The fourth-order valence-electron chi connectivity index (χ4n) is 2.24. The number of carbonyl (C=O) groups excluding carboxylic acids is 1. The quantitative estimate of drug-likeness (QED) is 0.914. The molecule has 1 fully saturated rings. The van der Waals surface area contributed by atoms with Crippen LogP contribution < -0.4 is 0 Å². The monoisotopic (exact) mass is 269 g/mol. The first-order valence-electron chi connectivity index (χ1n) is 5.98. The van der Waals surface area contributed by atoms with E-state index < -0.39 is 23.6 Å². The lowest BCUT2D eigenvalue weighted by Gasteiger charge is -2.32. The van der Waals surface area contributed by atoms with Crippen LogP contribution in [0.5, 0.6) is 0 Å². The maximum absolute atomic E-state index is 13.2. The topological polar surface area (TPSA) is 57.6 Å². The number of hydrogen-bond donors (Lipinski definition) is 1. The number of carboxylic acid groups (broad SMARTS) is 1. The van der Waals surface area contributed by atoms with Gasteiger partial charge >= 0.3 is 5.97 Å². The number of piperidine rings is 1. The molecule has 1 atom stereocenters. The lowest BCUT2D eigenvalue weighted by molar-refractivity contribution is -0.152. The third-order valence-corrected chi connectivity index (χ3v) is 3.16. The summed E-state index contributed by atoms with van der Waals surface area (Å²) in [5, 5.41) is 9.25. The van der Waals surface area contributed by atoms with Crippen molar-refractivity contribution >= 4 is 11.9 Å². The van der Waals surface area contributed by atoms with Gasteiger partial charge in [-0.2, -0.15) is 0 Å². The molecule has 102 valence electrons. The van der Waals surface area contributed by atoms with Crippen molar-refractivity contribution in [1.82, 2.24) is 4.90 Å². The third-order valence-electron chi connectivity index (χ3n) is 3.16. The molecule has 1 amide bonds. The van der Waals surface area contributed by atoms with Crippen molar-refractivity contribution in [2.75, 3.05) is 6.54 Å².